The first-order valence-corrected chi connectivity index (χ1v) is 10.0. The third kappa shape index (κ3) is 6.36. The molecule has 0 radical (unpaired) electrons. The van der Waals surface area contributed by atoms with Crippen LogP contribution in [0.15, 0.2) is 47.6 Å². The van der Waals surface area contributed by atoms with Crippen molar-refractivity contribution >= 4 is 41.4 Å². The Balaban J connectivity index is 0.00000280. The first-order chi connectivity index (χ1) is 13.2. The number of piperidine rings is 1. The Morgan fingerprint density at radius 1 is 1.18 bits per heavy atom. The molecule has 0 bridgehead atoms. The van der Waals surface area contributed by atoms with E-state index in [4.69, 9.17) is 5.73 Å². The number of pyridine rings is 1. The van der Waals surface area contributed by atoms with Gasteiger partial charge in [0.15, 0.2) is 5.96 Å². The number of anilines is 2. The molecule has 1 aliphatic heterocycles. The standard InChI is InChI=1S/C22H31N5.HI/c1-3-17(2)19-7-9-20(10-8-19)26-22(23)25-16-18-11-12-24-21(15-18)27-13-5-4-6-14-27;/h7-12,15,17H,3-6,13-14,16H2,1-2H3,(H3,23,25,26);1H. The van der Waals surface area contributed by atoms with E-state index < -0.39 is 0 Å². The van der Waals surface area contributed by atoms with E-state index in [1.807, 2.05) is 12.3 Å². The van der Waals surface area contributed by atoms with Crippen molar-refractivity contribution in [3.05, 3.63) is 53.7 Å². The Hall–Kier alpha value is -1.83. The molecule has 1 fully saturated rings. The van der Waals surface area contributed by atoms with Crippen LogP contribution in [0.4, 0.5) is 11.5 Å². The normalized spacial score (nSPS) is 15.6. The Bertz CT molecular complexity index is 754. The third-order valence-electron chi connectivity index (χ3n) is 5.29. The zero-order chi connectivity index (χ0) is 19.1. The number of nitrogens with one attached hydrogen (secondary N) is 1. The highest BCUT2D eigenvalue weighted by molar-refractivity contribution is 14.0. The van der Waals surface area contributed by atoms with E-state index in [0.717, 1.165) is 36.6 Å². The number of hydrogen-bond donors (Lipinski definition) is 2. The number of aromatic nitrogens is 1. The lowest BCUT2D eigenvalue weighted by molar-refractivity contribution is 0.573. The molecule has 0 saturated carbocycles. The molecule has 0 amide bonds. The van der Waals surface area contributed by atoms with Gasteiger partial charge in [0.2, 0.25) is 0 Å². The second kappa shape index (κ2) is 11.2. The molecule has 2 heterocycles. The van der Waals surface area contributed by atoms with Crippen molar-refractivity contribution in [2.45, 2.75) is 52.0 Å². The molecule has 1 aromatic heterocycles. The molecule has 1 atom stereocenters. The summed E-state index contributed by atoms with van der Waals surface area (Å²) in [6.07, 6.45) is 6.82. The number of hydrogen-bond acceptors (Lipinski definition) is 3. The largest absolute Gasteiger partial charge is 0.370 e. The topological polar surface area (TPSA) is 66.5 Å². The molecule has 6 heteroatoms. The fourth-order valence-electron chi connectivity index (χ4n) is 3.35. The van der Waals surface area contributed by atoms with E-state index in [-0.39, 0.29) is 24.0 Å². The molecule has 1 saturated heterocycles. The van der Waals surface area contributed by atoms with Gasteiger partial charge in [-0.15, -0.1) is 24.0 Å². The first kappa shape index (κ1) is 22.5. The minimum atomic E-state index is 0. The molecule has 1 aliphatic rings. The van der Waals surface area contributed by atoms with Crippen LogP contribution in [0.25, 0.3) is 0 Å². The molecular formula is C22H32IN5. The summed E-state index contributed by atoms with van der Waals surface area (Å²) in [4.78, 5) is 11.4. The minimum Gasteiger partial charge on any atom is -0.370 e. The van der Waals surface area contributed by atoms with E-state index in [1.165, 1.54) is 24.8 Å². The van der Waals surface area contributed by atoms with E-state index >= 15 is 0 Å². The van der Waals surface area contributed by atoms with Gasteiger partial charge in [0, 0.05) is 25.0 Å². The Morgan fingerprint density at radius 2 is 1.89 bits per heavy atom. The number of nitrogens with two attached hydrogens (primary N) is 1. The number of guanidine groups is 1. The van der Waals surface area contributed by atoms with Crippen LogP contribution in [0, 0.1) is 0 Å². The van der Waals surface area contributed by atoms with Crippen molar-refractivity contribution in [2.24, 2.45) is 10.7 Å². The van der Waals surface area contributed by atoms with Crippen molar-refractivity contribution < 1.29 is 0 Å². The smallest absolute Gasteiger partial charge is 0.193 e. The van der Waals surface area contributed by atoms with Gasteiger partial charge in [-0.1, -0.05) is 26.0 Å². The predicted octanol–water partition coefficient (Wildman–Crippen LogP) is 5.13. The van der Waals surface area contributed by atoms with E-state index in [1.54, 1.807) is 0 Å². The van der Waals surface area contributed by atoms with Gasteiger partial charge in [0.25, 0.3) is 0 Å². The van der Waals surface area contributed by atoms with Gasteiger partial charge in [-0.3, -0.25) is 0 Å². The van der Waals surface area contributed by atoms with Gasteiger partial charge in [-0.2, -0.15) is 0 Å². The predicted molar refractivity (Wildman–Crippen MR) is 130 cm³/mol. The van der Waals surface area contributed by atoms with Crippen LogP contribution < -0.4 is 16.0 Å². The highest BCUT2D eigenvalue weighted by Gasteiger charge is 2.12. The maximum atomic E-state index is 6.07. The second-order valence-corrected chi connectivity index (χ2v) is 7.33. The van der Waals surface area contributed by atoms with Crippen LogP contribution in [0.2, 0.25) is 0 Å². The van der Waals surface area contributed by atoms with E-state index in [2.05, 4.69) is 64.4 Å². The van der Waals surface area contributed by atoms with Gasteiger partial charge in [-0.25, -0.2) is 9.98 Å². The Kier molecular flexibility index (Phi) is 9.02. The highest BCUT2D eigenvalue weighted by atomic mass is 127. The number of benzene rings is 1. The average molecular weight is 493 g/mol. The fourth-order valence-corrected chi connectivity index (χ4v) is 3.35. The molecule has 5 nitrogen and oxygen atoms in total. The molecule has 28 heavy (non-hydrogen) atoms. The summed E-state index contributed by atoms with van der Waals surface area (Å²) in [6.45, 7) is 7.18. The van der Waals surface area contributed by atoms with E-state index in [0.29, 0.717) is 18.4 Å². The molecule has 3 N–H and O–H groups in total. The van der Waals surface area contributed by atoms with Crippen LogP contribution in [-0.2, 0) is 6.54 Å². The lowest BCUT2D eigenvalue weighted by atomic mass is 9.99. The molecule has 0 aliphatic carbocycles. The van der Waals surface area contributed by atoms with Gasteiger partial charge in [0.1, 0.15) is 5.82 Å². The molecule has 0 spiro atoms. The number of halogens is 1. The van der Waals surface area contributed by atoms with Gasteiger partial charge in [-0.05, 0) is 67.0 Å². The molecule has 2 aromatic rings. The Morgan fingerprint density at radius 3 is 2.57 bits per heavy atom. The number of nitrogens with zero attached hydrogens (tertiary/aromatic N) is 3. The first-order valence-electron chi connectivity index (χ1n) is 10.0. The summed E-state index contributed by atoms with van der Waals surface area (Å²) in [6, 6.07) is 12.6. The number of aliphatic imine (C=N–C) groups is 1. The third-order valence-corrected chi connectivity index (χ3v) is 5.29. The van der Waals surface area contributed by atoms with Crippen molar-refractivity contribution in [1.82, 2.24) is 4.98 Å². The zero-order valence-electron chi connectivity index (χ0n) is 16.9. The van der Waals surface area contributed by atoms with Crippen molar-refractivity contribution in [3.8, 4) is 0 Å². The lowest BCUT2D eigenvalue weighted by Gasteiger charge is -2.27. The summed E-state index contributed by atoms with van der Waals surface area (Å²) < 4.78 is 0. The molecule has 1 aromatic carbocycles. The van der Waals surface area contributed by atoms with Gasteiger partial charge < -0.3 is 16.0 Å². The maximum absolute atomic E-state index is 6.07. The monoisotopic (exact) mass is 493 g/mol. The SMILES string of the molecule is CCC(C)c1ccc(NC(N)=NCc2ccnc(N3CCCCC3)c2)cc1.I. The van der Waals surface area contributed by atoms with Crippen LogP contribution in [0.1, 0.15) is 56.6 Å². The minimum absolute atomic E-state index is 0. The highest BCUT2D eigenvalue weighted by Crippen LogP contribution is 2.21. The summed E-state index contributed by atoms with van der Waals surface area (Å²) in [5.74, 6) is 2.06. The molecule has 1 unspecified atom stereocenters. The van der Waals surface area contributed by atoms with Crippen molar-refractivity contribution in [3.63, 3.8) is 0 Å². The molecule has 152 valence electrons. The van der Waals surface area contributed by atoms with Gasteiger partial charge in [0.05, 0.1) is 6.54 Å². The van der Waals surface area contributed by atoms with E-state index in [9.17, 15) is 0 Å². The lowest BCUT2D eigenvalue weighted by Crippen LogP contribution is -2.30. The van der Waals surface area contributed by atoms with Crippen LogP contribution in [-0.4, -0.2) is 24.0 Å². The molecular weight excluding hydrogens is 461 g/mol. The van der Waals surface area contributed by atoms with Crippen LogP contribution in [0.3, 0.4) is 0 Å². The number of rotatable bonds is 6. The van der Waals surface area contributed by atoms with Crippen LogP contribution >= 0.6 is 24.0 Å². The van der Waals surface area contributed by atoms with Gasteiger partial charge >= 0.3 is 0 Å². The van der Waals surface area contributed by atoms with Crippen molar-refractivity contribution in [1.29, 1.82) is 0 Å². The van der Waals surface area contributed by atoms with Crippen LogP contribution in [0.5, 0.6) is 0 Å². The molecule has 3 rings (SSSR count). The Labute approximate surface area is 185 Å². The summed E-state index contributed by atoms with van der Waals surface area (Å²) in [7, 11) is 0. The zero-order valence-corrected chi connectivity index (χ0v) is 19.2. The maximum Gasteiger partial charge on any atom is 0.193 e. The van der Waals surface area contributed by atoms with Crippen molar-refractivity contribution in [2.75, 3.05) is 23.3 Å². The fraction of sp³-hybridized carbons (Fsp3) is 0.455. The second-order valence-electron chi connectivity index (χ2n) is 7.33. The summed E-state index contributed by atoms with van der Waals surface area (Å²) in [5.41, 5.74) is 9.51. The summed E-state index contributed by atoms with van der Waals surface area (Å²) >= 11 is 0. The summed E-state index contributed by atoms with van der Waals surface area (Å²) in [5, 5.41) is 3.18. The average Bonchev–Trinajstić information content (AvgIpc) is 2.73. The quantitative estimate of drug-likeness (QED) is 0.333.